The van der Waals surface area contributed by atoms with Crippen LogP contribution in [0, 0.1) is 0 Å². The normalized spacial score (nSPS) is 17.4. The molecule has 0 radical (unpaired) electrons. The van der Waals surface area contributed by atoms with Crippen LogP contribution in [0.2, 0.25) is 0 Å². The van der Waals surface area contributed by atoms with Crippen LogP contribution in [0.15, 0.2) is 18.2 Å². The van der Waals surface area contributed by atoms with Gasteiger partial charge in [0.2, 0.25) is 0 Å². The van der Waals surface area contributed by atoms with E-state index in [1.54, 1.807) is 12.1 Å². The molecule has 0 bridgehead atoms. The second kappa shape index (κ2) is 5.82. The Morgan fingerprint density at radius 1 is 1.05 bits per heavy atom. The van der Waals surface area contributed by atoms with Crippen LogP contribution in [0.4, 0.5) is 18.9 Å². The SMILES string of the molecule is NCc1ccc(N2CCCCCC2)c(C(F)(F)F)c1. The summed E-state index contributed by atoms with van der Waals surface area (Å²) >= 11 is 0. The molecule has 1 heterocycles. The minimum absolute atomic E-state index is 0.128. The van der Waals surface area contributed by atoms with Crippen molar-refractivity contribution >= 4 is 5.69 Å². The molecule has 2 N–H and O–H groups in total. The van der Waals surface area contributed by atoms with Gasteiger partial charge in [0.15, 0.2) is 0 Å². The van der Waals surface area contributed by atoms with E-state index in [0.717, 1.165) is 25.7 Å². The zero-order chi connectivity index (χ0) is 13.9. The molecule has 1 saturated heterocycles. The molecule has 1 aromatic rings. The Balaban J connectivity index is 2.37. The fourth-order valence-corrected chi connectivity index (χ4v) is 2.52. The number of benzene rings is 1. The summed E-state index contributed by atoms with van der Waals surface area (Å²) in [7, 11) is 0. The van der Waals surface area contributed by atoms with Crippen molar-refractivity contribution in [3.05, 3.63) is 29.3 Å². The van der Waals surface area contributed by atoms with Crippen LogP contribution in [0.3, 0.4) is 0 Å². The van der Waals surface area contributed by atoms with E-state index in [4.69, 9.17) is 5.73 Å². The number of rotatable bonds is 2. The summed E-state index contributed by atoms with van der Waals surface area (Å²) in [6, 6.07) is 4.44. The van der Waals surface area contributed by atoms with Crippen LogP contribution in [0.1, 0.15) is 36.8 Å². The number of hydrogen-bond donors (Lipinski definition) is 1. The van der Waals surface area contributed by atoms with Gasteiger partial charge in [-0.15, -0.1) is 0 Å². The average molecular weight is 272 g/mol. The highest BCUT2D eigenvalue weighted by atomic mass is 19.4. The Morgan fingerprint density at radius 2 is 1.68 bits per heavy atom. The van der Waals surface area contributed by atoms with E-state index in [0.29, 0.717) is 24.3 Å². The molecular formula is C14H19F3N2. The van der Waals surface area contributed by atoms with E-state index in [1.807, 2.05) is 4.90 Å². The van der Waals surface area contributed by atoms with Crippen LogP contribution < -0.4 is 10.6 Å². The molecule has 0 aromatic heterocycles. The highest BCUT2D eigenvalue weighted by Gasteiger charge is 2.35. The number of anilines is 1. The van der Waals surface area contributed by atoms with Crippen molar-refractivity contribution in [3.8, 4) is 0 Å². The molecule has 1 aromatic carbocycles. The molecule has 0 saturated carbocycles. The number of alkyl halides is 3. The first-order valence-corrected chi connectivity index (χ1v) is 6.67. The zero-order valence-corrected chi connectivity index (χ0v) is 10.8. The quantitative estimate of drug-likeness (QED) is 0.892. The standard InChI is InChI=1S/C14H19F3N2/c15-14(16,17)12-9-11(10-18)5-6-13(12)19-7-3-1-2-4-8-19/h5-6,9H,1-4,7-8,10,18H2. The minimum atomic E-state index is -4.33. The van der Waals surface area contributed by atoms with E-state index in [9.17, 15) is 13.2 Å². The first-order valence-electron chi connectivity index (χ1n) is 6.67. The second-order valence-corrected chi connectivity index (χ2v) is 4.95. The van der Waals surface area contributed by atoms with Crippen molar-refractivity contribution < 1.29 is 13.2 Å². The Bertz CT molecular complexity index is 421. The second-order valence-electron chi connectivity index (χ2n) is 4.95. The van der Waals surface area contributed by atoms with Crippen molar-refractivity contribution in [2.45, 2.75) is 38.4 Å². The summed E-state index contributed by atoms with van der Waals surface area (Å²) in [6.45, 7) is 1.53. The third-order valence-electron chi connectivity index (χ3n) is 3.55. The average Bonchev–Trinajstić information content (AvgIpc) is 2.65. The van der Waals surface area contributed by atoms with Crippen LogP contribution in [-0.2, 0) is 12.7 Å². The number of nitrogens with two attached hydrogens (primary N) is 1. The van der Waals surface area contributed by atoms with E-state index in [2.05, 4.69) is 0 Å². The molecule has 19 heavy (non-hydrogen) atoms. The fourth-order valence-electron chi connectivity index (χ4n) is 2.52. The topological polar surface area (TPSA) is 29.3 Å². The lowest BCUT2D eigenvalue weighted by Gasteiger charge is -2.26. The van der Waals surface area contributed by atoms with Gasteiger partial charge in [0.1, 0.15) is 0 Å². The number of halogens is 3. The Hall–Kier alpha value is -1.23. The van der Waals surface area contributed by atoms with Gasteiger partial charge in [-0.05, 0) is 30.5 Å². The summed E-state index contributed by atoms with van der Waals surface area (Å²) in [5.41, 5.74) is 5.69. The van der Waals surface area contributed by atoms with Crippen molar-refractivity contribution in [3.63, 3.8) is 0 Å². The molecule has 0 atom stereocenters. The third-order valence-corrected chi connectivity index (χ3v) is 3.55. The van der Waals surface area contributed by atoms with E-state index >= 15 is 0 Å². The highest BCUT2D eigenvalue weighted by Crippen LogP contribution is 2.37. The molecule has 1 aliphatic rings. The van der Waals surface area contributed by atoms with Crippen molar-refractivity contribution in [2.24, 2.45) is 5.73 Å². The summed E-state index contributed by atoms with van der Waals surface area (Å²) in [5.74, 6) is 0. The molecule has 0 unspecified atom stereocenters. The lowest BCUT2D eigenvalue weighted by molar-refractivity contribution is -0.137. The highest BCUT2D eigenvalue weighted by molar-refractivity contribution is 5.56. The number of nitrogens with zero attached hydrogens (tertiary/aromatic N) is 1. The zero-order valence-electron chi connectivity index (χ0n) is 10.8. The van der Waals surface area contributed by atoms with E-state index in [1.165, 1.54) is 6.07 Å². The molecule has 5 heteroatoms. The van der Waals surface area contributed by atoms with Gasteiger partial charge < -0.3 is 10.6 Å². The fraction of sp³-hybridized carbons (Fsp3) is 0.571. The van der Waals surface area contributed by atoms with Gasteiger partial charge in [-0.2, -0.15) is 13.2 Å². The maximum absolute atomic E-state index is 13.2. The monoisotopic (exact) mass is 272 g/mol. The van der Waals surface area contributed by atoms with E-state index in [-0.39, 0.29) is 6.54 Å². The molecule has 1 fully saturated rings. The Labute approximate surface area is 111 Å². The van der Waals surface area contributed by atoms with Crippen LogP contribution in [0.5, 0.6) is 0 Å². The van der Waals surface area contributed by atoms with Crippen molar-refractivity contribution in [1.29, 1.82) is 0 Å². The Morgan fingerprint density at radius 3 is 2.21 bits per heavy atom. The maximum atomic E-state index is 13.2. The van der Waals surface area contributed by atoms with Gasteiger partial charge in [0.05, 0.1) is 5.56 Å². The van der Waals surface area contributed by atoms with Crippen molar-refractivity contribution in [2.75, 3.05) is 18.0 Å². The lowest BCUT2D eigenvalue weighted by atomic mass is 10.1. The first kappa shape index (κ1) is 14.2. The van der Waals surface area contributed by atoms with Gasteiger partial charge in [-0.25, -0.2) is 0 Å². The summed E-state index contributed by atoms with van der Waals surface area (Å²) in [4.78, 5) is 1.86. The van der Waals surface area contributed by atoms with Crippen LogP contribution >= 0.6 is 0 Å². The molecule has 2 rings (SSSR count). The largest absolute Gasteiger partial charge is 0.418 e. The van der Waals surface area contributed by atoms with Crippen LogP contribution in [0.25, 0.3) is 0 Å². The Kier molecular flexibility index (Phi) is 4.34. The lowest BCUT2D eigenvalue weighted by Crippen LogP contribution is -2.27. The summed E-state index contributed by atoms with van der Waals surface area (Å²) in [5, 5.41) is 0. The van der Waals surface area contributed by atoms with Gasteiger partial charge in [-0.3, -0.25) is 0 Å². The van der Waals surface area contributed by atoms with Gasteiger partial charge in [0, 0.05) is 25.3 Å². The predicted molar refractivity (Wildman–Crippen MR) is 70.0 cm³/mol. The van der Waals surface area contributed by atoms with E-state index < -0.39 is 11.7 Å². The summed E-state index contributed by atoms with van der Waals surface area (Å²) < 4.78 is 39.5. The third kappa shape index (κ3) is 3.41. The molecule has 0 spiro atoms. The van der Waals surface area contributed by atoms with Crippen LogP contribution in [-0.4, -0.2) is 13.1 Å². The number of hydrogen-bond acceptors (Lipinski definition) is 2. The van der Waals surface area contributed by atoms with Gasteiger partial charge in [0.25, 0.3) is 0 Å². The smallest absolute Gasteiger partial charge is 0.371 e. The van der Waals surface area contributed by atoms with Gasteiger partial charge in [-0.1, -0.05) is 18.9 Å². The molecule has 2 nitrogen and oxygen atoms in total. The first-order chi connectivity index (χ1) is 9.02. The molecule has 0 aliphatic carbocycles. The molecule has 1 aliphatic heterocycles. The molecule has 106 valence electrons. The minimum Gasteiger partial charge on any atom is -0.371 e. The summed E-state index contributed by atoms with van der Waals surface area (Å²) in [6.07, 6.45) is -0.226. The van der Waals surface area contributed by atoms with Crippen molar-refractivity contribution in [1.82, 2.24) is 0 Å². The molecule has 0 amide bonds. The van der Waals surface area contributed by atoms with Gasteiger partial charge >= 0.3 is 6.18 Å². The predicted octanol–water partition coefficient (Wildman–Crippen LogP) is 3.54. The molecular weight excluding hydrogens is 253 g/mol. The maximum Gasteiger partial charge on any atom is 0.418 e.